The first-order valence-corrected chi connectivity index (χ1v) is 8.23. The van der Waals surface area contributed by atoms with E-state index in [2.05, 4.69) is 23.9 Å². The molecular formula is C14H24N2O2S. The molecule has 5 heteroatoms. The highest BCUT2D eigenvalue weighted by Gasteiger charge is 2.13. The predicted molar refractivity (Wildman–Crippen MR) is 78.5 cm³/mol. The normalized spacial score (nSPS) is 12.0. The van der Waals surface area contributed by atoms with Crippen LogP contribution in [-0.4, -0.2) is 21.5 Å². The van der Waals surface area contributed by atoms with E-state index in [-0.39, 0.29) is 0 Å². The molecule has 1 rings (SSSR count). The average Bonchev–Trinajstić information content (AvgIpc) is 2.36. The fourth-order valence-corrected chi connectivity index (χ4v) is 2.67. The first kappa shape index (κ1) is 16.1. The largest absolute Gasteiger partial charge is 0.313 e. The molecule has 0 heterocycles. The lowest BCUT2D eigenvalue weighted by Gasteiger charge is -2.09. The summed E-state index contributed by atoms with van der Waals surface area (Å²) >= 11 is 0. The molecule has 0 aliphatic carbocycles. The van der Waals surface area contributed by atoms with Crippen molar-refractivity contribution in [2.45, 2.75) is 38.6 Å². The van der Waals surface area contributed by atoms with Gasteiger partial charge >= 0.3 is 0 Å². The molecule has 0 saturated carbocycles. The number of benzene rings is 1. The van der Waals surface area contributed by atoms with Gasteiger partial charge in [-0.1, -0.05) is 32.9 Å². The van der Waals surface area contributed by atoms with E-state index in [9.17, 15) is 8.42 Å². The third kappa shape index (κ3) is 5.72. The van der Waals surface area contributed by atoms with E-state index in [1.54, 1.807) is 12.1 Å². The van der Waals surface area contributed by atoms with Crippen molar-refractivity contribution in [3.05, 3.63) is 29.8 Å². The summed E-state index contributed by atoms with van der Waals surface area (Å²) in [6.07, 6.45) is 0.845. The van der Waals surface area contributed by atoms with Gasteiger partial charge in [0.05, 0.1) is 4.90 Å². The lowest BCUT2D eigenvalue weighted by Crippen LogP contribution is -2.25. The van der Waals surface area contributed by atoms with Gasteiger partial charge in [-0.3, -0.25) is 0 Å². The summed E-state index contributed by atoms with van der Waals surface area (Å²) < 4.78 is 26.7. The van der Waals surface area contributed by atoms with Crippen molar-refractivity contribution in [2.24, 2.45) is 5.92 Å². The van der Waals surface area contributed by atoms with Gasteiger partial charge in [0, 0.05) is 13.1 Å². The molecule has 0 saturated heterocycles. The van der Waals surface area contributed by atoms with Crippen LogP contribution in [0.25, 0.3) is 0 Å². The highest BCUT2D eigenvalue weighted by Crippen LogP contribution is 2.11. The Hall–Kier alpha value is -0.910. The van der Waals surface area contributed by atoms with Gasteiger partial charge in [0.2, 0.25) is 10.0 Å². The molecule has 4 nitrogen and oxygen atoms in total. The van der Waals surface area contributed by atoms with Gasteiger partial charge in [0.15, 0.2) is 0 Å². The summed E-state index contributed by atoms with van der Waals surface area (Å²) in [6, 6.07) is 7.01. The quantitative estimate of drug-likeness (QED) is 0.769. The van der Waals surface area contributed by atoms with Crippen LogP contribution in [0.3, 0.4) is 0 Å². The second-order valence-electron chi connectivity index (χ2n) is 5.00. The van der Waals surface area contributed by atoms with Gasteiger partial charge in [-0.15, -0.1) is 0 Å². The minimum Gasteiger partial charge on any atom is -0.313 e. The van der Waals surface area contributed by atoms with E-state index >= 15 is 0 Å². The second kappa shape index (κ2) is 7.62. The van der Waals surface area contributed by atoms with E-state index in [4.69, 9.17) is 0 Å². The fraction of sp³-hybridized carbons (Fsp3) is 0.571. The standard InChI is InChI=1S/C14H24N2O2S/c1-4-15-11-13-5-7-14(8-6-13)19(17,18)16-10-9-12(2)3/h5-8,12,15-16H,4,9-11H2,1-3H3. The minimum absolute atomic E-state index is 0.330. The Morgan fingerprint density at radius 1 is 1.16 bits per heavy atom. The molecular weight excluding hydrogens is 260 g/mol. The zero-order chi connectivity index (χ0) is 14.3. The zero-order valence-corrected chi connectivity index (χ0v) is 12.8. The predicted octanol–water partition coefficient (Wildman–Crippen LogP) is 2.12. The number of nitrogens with one attached hydrogen (secondary N) is 2. The molecule has 2 N–H and O–H groups in total. The maximum atomic E-state index is 12.0. The molecule has 0 amide bonds. The second-order valence-corrected chi connectivity index (χ2v) is 6.77. The summed E-state index contributed by atoms with van der Waals surface area (Å²) in [6.45, 7) is 8.33. The number of hydrogen-bond donors (Lipinski definition) is 2. The smallest absolute Gasteiger partial charge is 0.240 e. The highest BCUT2D eigenvalue weighted by molar-refractivity contribution is 7.89. The summed E-state index contributed by atoms with van der Waals surface area (Å²) in [5, 5.41) is 3.20. The summed E-state index contributed by atoms with van der Waals surface area (Å²) in [7, 11) is -3.36. The van der Waals surface area contributed by atoms with Crippen molar-refractivity contribution in [3.63, 3.8) is 0 Å². The molecule has 0 unspecified atom stereocenters. The van der Waals surface area contributed by atoms with Crippen molar-refractivity contribution < 1.29 is 8.42 Å². The van der Waals surface area contributed by atoms with Gasteiger partial charge in [-0.05, 0) is 36.6 Å². The Morgan fingerprint density at radius 3 is 2.32 bits per heavy atom. The Labute approximate surface area is 116 Å². The van der Waals surface area contributed by atoms with Crippen LogP contribution in [0.1, 0.15) is 32.8 Å². The van der Waals surface area contributed by atoms with E-state index < -0.39 is 10.0 Å². The molecule has 0 bridgehead atoms. The van der Waals surface area contributed by atoms with E-state index in [0.717, 1.165) is 25.1 Å². The third-order valence-corrected chi connectivity index (χ3v) is 4.30. The van der Waals surface area contributed by atoms with E-state index in [0.29, 0.717) is 17.4 Å². The minimum atomic E-state index is -3.36. The first-order chi connectivity index (χ1) is 8.95. The van der Waals surface area contributed by atoms with Gasteiger partial charge in [-0.25, -0.2) is 13.1 Å². The molecule has 0 radical (unpaired) electrons. The van der Waals surface area contributed by atoms with Gasteiger partial charge in [0.1, 0.15) is 0 Å². The third-order valence-electron chi connectivity index (χ3n) is 2.83. The maximum Gasteiger partial charge on any atom is 0.240 e. The van der Waals surface area contributed by atoms with Crippen molar-refractivity contribution in [3.8, 4) is 0 Å². The molecule has 0 fully saturated rings. The topological polar surface area (TPSA) is 58.2 Å². The lowest BCUT2D eigenvalue weighted by molar-refractivity contribution is 0.551. The Balaban J connectivity index is 2.63. The van der Waals surface area contributed by atoms with Crippen LogP contribution in [0.5, 0.6) is 0 Å². The number of rotatable bonds is 8. The maximum absolute atomic E-state index is 12.0. The van der Waals surface area contributed by atoms with Crippen LogP contribution in [0, 0.1) is 5.92 Å². The van der Waals surface area contributed by atoms with E-state index in [1.807, 2.05) is 19.1 Å². The summed E-state index contributed by atoms with van der Waals surface area (Å²) in [5.41, 5.74) is 1.09. The molecule has 0 spiro atoms. The van der Waals surface area contributed by atoms with Crippen molar-refractivity contribution in [2.75, 3.05) is 13.1 Å². The molecule has 108 valence electrons. The monoisotopic (exact) mass is 284 g/mol. The first-order valence-electron chi connectivity index (χ1n) is 6.75. The fourth-order valence-electron chi connectivity index (χ4n) is 1.62. The van der Waals surface area contributed by atoms with Crippen LogP contribution in [0.2, 0.25) is 0 Å². The van der Waals surface area contributed by atoms with Crippen LogP contribution >= 0.6 is 0 Å². The highest BCUT2D eigenvalue weighted by atomic mass is 32.2. The molecule has 1 aromatic carbocycles. The van der Waals surface area contributed by atoms with Gasteiger partial charge in [-0.2, -0.15) is 0 Å². The zero-order valence-electron chi connectivity index (χ0n) is 11.9. The van der Waals surface area contributed by atoms with E-state index in [1.165, 1.54) is 0 Å². The van der Waals surface area contributed by atoms with Crippen LogP contribution in [0.15, 0.2) is 29.2 Å². The SMILES string of the molecule is CCNCc1ccc(S(=O)(=O)NCCC(C)C)cc1. The van der Waals surface area contributed by atoms with Crippen LogP contribution in [-0.2, 0) is 16.6 Å². The number of sulfonamides is 1. The van der Waals surface area contributed by atoms with Crippen molar-refractivity contribution >= 4 is 10.0 Å². The molecule has 0 aromatic heterocycles. The van der Waals surface area contributed by atoms with Crippen molar-refractivity contribution in [1.82, 2.24) is 10.0 Å². The van der Waals surface area contributed by atoms with Gasteiger partial charge < -0.3 is 5.32 Å². The Kier molecular flexibility index (Phi) is 6.48. The molecule has 19 heavy (non-hydrogen) atoms. The van der Waals surface area contributed by atoms with Crippen LogP contribution in [0.4, 0.5) is 0 Å². The Morgan fingerprint density at radius 2 is 1.79 bits per heavy atom. The summed E-state index contributed by atoms with van der Waals surface area (Å²) in [5.74, 6) is 0.491. The summed E-state index contributed by atoms with van der Waals surface area (Å²) in [4.78, 5) is 0.330. The molecule has 0 aliphatic heterocycles. The molecule has 0 aliphatic rings. The molecule has 0 atom stereocenters. The van der Waals surface area contributed by atoms with Crippen LogP contribution < -0.4 is 10.0 Å². The average molecular weight is 284 g/mol. The lowest BCUT2D eigenvalue weighted by atomic mass is 10.1. The van der Waals surface area contributed by atoms with Gasteiger partial charge in [0.25, 0.3) is 0 Å². The van der Waals surface area contributed by atoms with Crippen molar-refractivity contribution in [1.29, 1.82) is 0 Å². The Bertz CT molecular complexity index is 467. The molecule has 1 aromatic rings. The number of hydrogen-bond acceptors (Lipinski definition) is 3.